The van der Waals surface area contributed by atoms with Gasteiger partial charge in [-0.2, -0.15) is 0 Å². The van der Waals surface area contributed by atoms with Gasteiger partial charge in [-0.1, -0.05) is 23.4 Å². The molecule has 6 aromatic rings. The first-order chi connectivity index (χ1) is 29.7. The van der Waals surface area contributed by atoms with Crippen LogP contribution in [0.25, 0.3) is 38.5 Å². The Labute approximate surface area is 351 Å². The van der Waals surface area contributed by atoms with Gasteiger partial charge in [0.05, 0.1) is 30.9 Å². The van der Waals surface area contributed by atoms with Crippen molar-refractivity contribution < 1.29 is 23.5 Å². The average Bonchev–Trinajstić information content (AvgIpc) is 3.91. The molecule has 0 spiro atoms. The second-order valence-corrected chi connectivity index (χ2v) is 15.9. The molecule has 3 aliphatic heterocycles. The molecule has 16 heteroatoms. The average molecular weight is 827 g/mol. The number of amides is 3. The van der Waals surface area contributed by atoms with E-state index in [9.17, 15) is 19.2 Å². The molecule has 0 aliphatic carbocycles. The third kappa shape index (κ3) is 7.67. The van der Waals surface area contributed by atoms with Gasteiger partial charge in [-0.05, 0) is 71.7 Å². The van der Waals surface area contributed by atoms with E-state index in [2.05, 4.69) is 36.5 Å². The standard InChI is InChI=1S/C45H47FN10O5/c1-51-43-29(5-3-7-37(43)56(45(51)60)38-10-11-40(57)49-44(38)59)13-18-52-21-23-53(24-22-52)31-8-9-33(39(25-31)61-2)35-26-34(42(46)36-27-47-15-12-32(35)36)30-6-4-17-54(28-30)41(58)14-19-55-20-16-48-50-55/h3,5-9,12,15-16,20,25-27,38H,4,10-11,13-14,17-19,21-24,28H2,1-2H3,(H,49,57,59). The smallest absolute Gasteiger partial charge is 0.329 e. The minimum atomic E-state index is -0.721. The number of piperidine rings is 1. The topological polar surface area (TPSA) is 153 Å². The number of nitrogens with zero attached hydrogens (tertiary/aromatic N) is 9. The minimum Gasteiger partial charge on any atom is -0.496 e. The fourth-order valence-electron chi connectivity index (χ4n) is 9.12. The Hall–Kier alpha value is -6.68. The zero-order chi connectivity index (χ0) is 42.2. The van der Waals surface area contributed by atoms with Crippen LogP contribution in [0.2, 0.25) is 0 Å². The number of carbonyl (C=O) groups excluding carboxylic acids is 3. The maximum atomic E-state index is 16.4. The minimum absolute atomic E-state index is 0.0211. The number of pyridine rings is 1. The van der Waals surface area contributed by atoms with Gasteiger partial charge in [-0.25, -0.2) is 9.18 Å². The number of imide groups is 1. The number of para-hydroxylation sites is 1. The third-order valence-electron chi connectivity index (χ3n) is 12.4. The lowest BCUT2D eigenvalue weighted by Gasteiger charge is -2.36. The first-order valence-electron chi connectivity index (χ1n) is 20.7. The lowest BCUT2D eigenvalue weighted by Crippen LogP contribution is -2.47. The maximum absolute atomic E-state index is 16.4. The number of piperazine rings is 1. The van der Waals surface area contributed by atoms with Crippen LogP contribution in [0.5, 0.6) is 5.75 Å². The van der Waals surface area contributed by atoms with E-state index in [-0.39, 0.29) is 36.2 Å². The number of benzene rings is 3. The summed E-state index contributed by atoms with van der Waals surface area (Å²) in [5, 5.41) is 11.3. The molecular formula is C45H47FN10O5. The molecule has 0 bridgehead atoms. The highest BCUT2D eigenvalue weighted by molar-refractivity contribution is 6.01. The van der Waals surface area contributed by atoms with Crippen LogP contribution in [0.15, 0.2) is 84.2 Å². The Morgan fingerprint density at radius 2 is 1.80 bits per heavy atom. The van der Waals surface area contributed by atoms with Crippen molar-refractivity contribution >= 4 is 50.8 Å². The number of rotatable bonds is 11. The number of fused-ring (bicyclic) bond motifs is 2. The number of imidazole rings is 1. The van der Waals surface area contributed by atoms with Crippen LogP contribution >= 0.6 is 0 Å². The predicted octanol–water partition coefficient (Wildman–Crippen LogP) is 4.34. The van der Waals surface area contributed by atoms with Gasteiger partial charge in [0.15, 0.2) is 0 Å². The summed E-state index contributed by atoms with van der Waals surface area (Å²) in [6, 6.07) is 15.0. The molecule has 3 aromatic carbocycles. The summed E-state index contributed by atoms with van der Waals surface area (Å²) in [4.78, 5) is 62.0. The molecule has 0 radical (unpaired) electrons. The van der Waals surface area contributed by atoms with E-state index in [1.165, 1.54) is 4.57 Å². The maximum Gasteiger partial charge on any atom is 0.329 e. The van der Waals surface area contributed by atoms with Crippen molar-refractivity contribution in [2.24, 2.45) is 7.05 Å². The molecule has 1 atom stereocenters. The summed E-state index contributed by atoms with van der Waals surface area (Å²) in [6.45, 7) is 5.36. The monoisotopic (exact) mass is 826 g/mol. The number of aryl methyl sites for hydroxylation is 2. The summed E-state index contributed by atoms with van der Waals surface area (Å²) in [6.07, 6.45) is 10.7. The van der Waals surface area contributed by atoms with Crippen LogP contribution < -0.4 is 20.6 Å². The first kappa shape index (κ1) is 39.8. The van der Waals surface area contributed by atoms with Crippen LogP contribution in [0.3, 0.4) is 0 Å². The number of halogens is 1. The number of carbonyl (C=O) groups is 3. The van der Waals surface area contributed by atoms with Crippen molar-refractivity contribution in [3.05, 3.63) is 107 Å². The number of aromatic nitrogens is 6. The molecule has 9 rings (SSSR count). The van der Waals surface area contributed by atoms with E-state index in [0.717, 1.165) is 78.0 Å². The molecule has 2 fully saturated rings. The van der Waals surface area contributed by atoms with Gasteiger partial charge in [0, 0.05) is 113 Å². The number of anilines is 1. The highest BCUT2D eigenvalue weighted by Gasteiger charge is 2.32. The van der Waals surface area contributed by atoms with E-state index in [0.29, 0.717) is 54.7 Å². The Kier molecular flexibility index (Phi) is 10.9. The lowest BCUT2D eigenvalue weighted by molar-refractivity contribution is -0.136. The molecule has 1 N–H and O–H groups in total. The molecule has 2 saturated heterocycles. The van der Waals surface area contributed by atoms with Gasteiger partial charge in [0.1, 0.15) is 17.6 Å². The molecule has 15 nitrogen and oxygen atoms in total. The highest BCUT2D eigenvalue weighted by Crippen LogP contribution is 2.41. The molecule has 1 unspecified atom stereocenters. The van der Waals surface area contributed by atoms with Crippen LogP contribution in [0, 0.1) is 5.82 Å². The largest absolute Gasteiger partial charge is 0.496 e. The third-order valence-corrected chi connectivity index (χ3v) is 12.4. The van der Waals surface area contributed by atoms with Gasteiger partial charge in [0.25, 0.3) is 0 Å². The quantitative estimate of drug-likeness (QED) is 0.187. The Bertz CT molecular complexity index is 2750. The second kappa shape index (κ2) is 16.8. The van der Waals surface area contributed by atoms with Crippen molar-refractivity contribution in [1.82, 2.24) is 44.2 Å². The molecule has 3 amide bonds. The fourth-order valence-corrected chi connectivity index (χ4v) is 9.12. The van der Waals surface area contributed by atoms with Gasteiger partial charge >= 0.3 is 5.69 Å². The van der Waals surface area contributed by atoms with E-state index < -0.39 is 11.9 Å². The first-order valence-corrected chi connectivity index (χ1v) is 20.7. The van der Waals surface area contributed by atoms with Crippen molar-refractivity contribution in [3.8, 4) is 16.9 Å². The summed E-state index contributed by atoms with van der Waals surface area (Å²) < 4.78 is 27.2. The van der Waals surface area contributed by atoms with Crippen molar-refractivity contribution in [2.45, 2.75) is 44.7 Å². The van der Waals surface area contributed by atoms with Gasteiger partial charge < -0.3 is 14.5 Å². The molecule has 314 valence electrons. The van der Waals surface area contributed by atoms with Crippen molar-refractivity contribution in [2.75, 3.05) is 57.8 Å². The zero-order valence-electron chi connectivity index (χ0n) is 34.2. The van der Waals surface area contributed by atoms with Crippen LogP contribution in [-0.2, 0) is 34.4 Å². The second-order valence-electron chi connectivity index (χ2n) is 15.9. The van der Waals surface area contributed by atoms with Crippen LogP contribution in [-0.4, -0.2) is 110 Å². The number of nitrogens with one attached hydrogen (secondary N) is 1. The molecule has 61 heavy (non-hydrogen) atoms. The predicted molar refractivity (Wildman–Crippen MR) is 228 cm³/mol. The van der Waals surface area contributed by atoms with Gasteiger partial charge in [-0.15, -0.1) is 5.10 Å². The Morgan fingerprint density at radius 3 is 2.59 bits per heavy atom. The number of ether oxygens (including phenoxy) is 1. The van der Waals surface area contributed by atoms with E-state index in [1.54, 1.807) is 53.1 Å². The van der Waals surface area contributed by atoms with Crippen molar-refractivity contribution in [3.63, 3.8) is 0 Å². The Morgan fingerprint density at radius 1 is 0.951 bits per heavy atom. The van der Waals surface area contributed by atoms with Gasteiger partial charge in [0.2, 0.25) is 17.7 Å². The lowest BCUT2D eigenvalue weighted by atomic mass is 9.91. The number of methoxy groups -OCH3 is 1. The SMILES string of the molecule is COc1cc(N2CCN(CCc3cccc4c3n(C)c(=O)n4C3CCC(=O)NC3=O)CC2)ccc1-c1cc(C2=CCCN(C(=O)CCn3ccnn3)C2)c(F)c2cnccc12. The number of hydrogen-bond acceptors (Lipinski definition) is 10. The summed E-state index contributed by atoms with van der Waals surface area (Å²) in [5.74, 6) is -0.474. The fraction of sp³-hybridized carbons (Fsp3) is 0.356. The molecule has 6 heterocycles. The molecule has 3 aromatic heterocycles. The highest BCUT2D eigenvalue weighted by atomic mass is 19.1. The van der Waals surface area contributed by atoms with Crippen LogP contribution in [0.1, 0.15) is 42.9 Å². The summed E-state index contributed by atoms with van der Waals surface area (Å²) in [7, 11) is 3.39. The Balaban J connectivity index is 0.899. The van der Waals surface area contributed by atoms with E-state index in [4.69, 9.17) is 4.74 Å². The molecule has 3 aliphatic rings. The van der Waals surface area contributed by atoms with Gasteiger partial charge in [-0.3, -0.25) is 43.4 Å². The zero-order valence-corrected chi connectivity index (χ0v) is 34.2. The van der Waals surface area contributed by atoms with E-state index >= 15 is 4.39 Å². The molecule has 0 saturated carbocycles. The normalized spacial score (nSPS) is 17.6. The summed E-state index contributed by atoms with van der Waals surface area (Å²) in [5.41, 5.74) is 6.14. The van der Waals surface area contributed by atoms with Crippen molar-refractivity contribution in [1.29, 1.82) is 0 Å². The van der Waals surface area contributed by atoms with Crippen LogP contribution in [0.4, 0.5) is 10.1 Å². The number of hydrogen-bond donors (Lipinski definition) is 1. The van der Waals surface area contributed by atoms with E-state index in [1.807, 2.05) is 48.5 Å². The summed E-state index contributed by atoms with van der Waals surface area (Å²) >= 11 is 0. The molecular weight excluding hydrogens is 780 g/mol.